The van der Waals surface area contributed by atoms with Gasteiger partial charge in [-0.3, -0.25) is 14.1 Å². The largest absolute Gasteiger partial charge is 0.317 e. The number of thiazole rings is 1. The van der Waals surface area contributed by atoms with E-state index < -0.39 is 0 Å². The molecule has 0 spiro atoms. The summed E-state index contributed by atoms with van der Waals surface area (Å²) in [5.74, 6) is 0. The lowest BCUT2D eigenvalue weighted by Gasteiger charge is -2.34. The molecule has 22 heavy (non-hydrogen) atoms. The second kappa shape index (κ2) is 6.89. The molecule has 120 valence electrons. The number of rotatable bonds is 5. The molecular weight excluding hydrogens is 296 g/mol. The zero-order chi connectivity index (χ0) is 15.5. The quantitative estimate of drug-likeness (QED) is 0.916. The Morgan fingerprint density at radius 2 is 2.23 bits per heavy atom. The van der Waals surface area contributed by atoms with Crippen LogP contribution in [0.3, 0.4) is 0 Å². The molecule has 0 bridgehead atoms. The summed E-state index contributed by atoms with van der Waals surface area (Å²) < 4.78 is 1.70. The maximum Gasteiger partial charge on any atom is 0.259 e. The van der Waals surface area contributed by atoms with Crippen molar-refractivity contribution in [2.75, 3.05) is 19.6 Å². The molecular formula is C16H24N4OS. The van der Waals surface area contributed by atoms with Crippen LogP contribution in [0, 0.1) is 6.92 Å². The third kappa shape index (κ3) is 3.24. The van der Waals surface area contributed by atoms with Gasteiger partial charge in [0.1, 0.15) is 0 Å². The topological polar surface area (TPSA) is 49.6 Å². The van der Waals surface area contributed by atoms with Crippen molar-refractivity contribution < 1.29 is 0 Å². The molecule has 0 amide bonds. The smallest absolute Gasteiger partial charge is 0.259 e. The summed E-state index contributed by atoms with van der Waals surface area (Å²) >= 11 is 1.54. The molecule has 1 aliphatic rings. The van der Waals surface area contributed by atoms with Crippen molar-refractivity contribution in [3.63, 3.8) is 0 Å². The molecule has 3 heterocycles. The minimum absolute atomic E-state index is 0.0421. The molecule has 1 N–H and O–H groups in total. The molecule has 1 aliphatic heterocycles. The number of nitrogens with zero attached hydrogens (tertiary/aromatic N) is 3. The molecule has 2 aromatic rings. The average Bonchev–Trinajstić information content (AvgIpc) is 2.89. The first kappa shape index (κ1) is 15.6. The highest BCUT2D eigenvalue weighted by atomic mass is 32.1. The summed E-state index contributed by atoms with van der Waals surface area (Å²) in [6.07, 6.45) is 3.49. The first-order valence-corrected chi connectivity index (χ1v) is 8.98. The molecule has 2 aromatic heterocycles. The van der Waals surface area contributed by atoms with E-state index in [1.165, 1.54) is 12.8 Å². The third-order valence-electron chi connectivity index (χ3n) is 4.33. The Hall–Kier alpha value is -1.24. The van der Waals surface area contributed by atoms with E-state index in [4.69, 9.17) is 4.98 Å². The first-order chi connectivity index (χ1) is 10.7. The average molecular weight is 320 g/mol. The highest BCUT2D eigenvalue weighted by Gasteiger charge is 2.21. The van der Waals surface area contributed by atoms with Crippen molar-refractivity contribution in [3.8, 4) is 0 Å². The highest BCUT2D eigenvalue weighted by molar-refractivity contribution is 7.15. The number of aryl methyl sites for hydroxylation is 1. The van der Waals surface area contributed by atoms with Gasteiger partial charge in [0.05, 0.1) is 5.69 Å². The normalized spacial score (nSPS) is 16.7. The van der Waals surface area contributed by atoms with Gasteiger partial charge in [0.25, 0.3) is 5.56 Å². The van der Waals surface area contributed by atoms with Crippen LogP contribution >= 0.6 is 11.3 Å². The van der Waals surface area contributed by atoms with Crippen LogP contribution in [-0.2, 0) is 6.54 Å². The van der Waals surface area contributed by atoms with Gasteiger partial charge in [-0.1, -0.05) is 6.92 Å². The number of hydrogen-bond acceptors (Lipinski definition) is 5. The van der Waals surface area contributed by atoms with E-state index in [-0.39, 0.29) is 5.56 Å². The second-order valence-corrected chi connectivity index (χ2v) is 6.87. The SMILES string of the molecule is CCCN(Cc1cc(=O)n2c(C)csc2n1)C1CCNCC1. The Bertz CT molecular complexity index is 687. The zero-order valence-electron chi connectivity index (χ0n) is 13.3. The third-order valence-corrected chi connectivity index (χ3v) is 5.27. The number of fused-ring (bicyclic) bond motifs is 1. The maximum absolute atomic E-state index is 12.3. The minimum atomic E-state index is 0.0421. The fraction of sp³-hybridized carbons (Fsp3) is 0.625. The standard InChI is InChI=1S/C16H24N4OS/c1-3-8-19(14-4-6-17-7-5-14)10-13-9-15(21)20-12(2)11-22-16(20)18-13/h9,11,14,17H,3-8,10H2,1-2H3. The minimum Gasteiger partial charge on any atom is -0.317 e. The predicted molar refractivity (Wildman–Crippen MR) is 90.7 cm³/mol. The molecule has 0 saturated carbocycles. The molecule has 5 nitrogen and oxygen atoms in total. The van der Waals surface area contributed by atoms with Gasteiger partial charge in [-0.2, -0.15) is 0 Å². The van der Waals surface area contributed by atoms with Gasteiger partial charge in [-0.15, -0.1) is 11.3 Å². The van der Waals surface area contributed by atoms with E-state index in [1.807, 2.05) is 12.3 Å². The molecule has 1 saturated heterocycles. The Morgan fingerprint density at radius 1 is 1.45 bits per heavy atom. The molecule has 0 unspecified atom stereocenters. The molecule has 1 fully saturated rings. The molecule has 0 atom stereocenters. The van der Waals surface area contributed by atoms with Crippen molar-refractivity contribution in [1.29, 1.82) is 0 Å². The van der Waals surface area contributed by atoms with Crippen LogP contribution in [0.5, 0.6) is 0 Å². The Balaban J connectivity index is 1.84. The summed E-state index contributed by atoms with van der Waals surface area (Å²) in [5, 5.41) is 5.41. The summed E-state index contributed by atoms with van der Waals surface area (Å²) in [7, 11) is 0. The lowest BCUT2D eigenvalue weighted by molar-refractivity contribution is 0.152. The Labute approximate surface area is 135 Å². The Kier molecular flexibility index (Phi) is 4.90. The molecule has 0 aromatic carbocycles. The van der Waals surface area contributed by atoms with Gasteiger partial charge in [-0.05, 0) is 45.8 Å². The van der Waals surface area contributed by atoms with Gasteiger partial charge in [0.15, 0.2) is 4.96 Å². The summed E-state index contributed by atoms with van der Waals surface area (Å²) in [4.78, 5) is 20.3. The van der Waals surface area contributed by atoms with Gasteiger partial charge < -0.3 is 5.32 Å². The van der Waals surface area contributed by atoms with Gasteiger partial charge in [0.2, 0.25) is 0 Å². The number of nitrogens with one attached hydrogen (secondary N) is 1. The van der Waals surface area contributed by atoms with Crippen LogP contribution in [0.4, 0.5) is 0 Å². The highest BCUT2D eigenvalue weighted by Crippen LogP contribution is 2.17. The summed E-state index contributed by atoms with van der Waals surface area (Å²) in [5.41, 5.74) is 1.91. The van der Waals surface area contributed by atoms with E-state index in [2.05, 4.69) is 17.1 Å². The monoisotopic (exact) mass is 320 g/mol. The summed E-state index contributed by atoms with van der Waals surface area (Å²) in [6.45, 7) is 8.18. The lowest BCUT2D eigenvalue weighted by Crippen LogP contribution is -2.43. The predicted octanol–water partition coefficient (Wildman–Crippen LogP) is 2.03. The second-order valence-electron chi connectivity index (χ2n) is 6.03. The fourth-order valence-electron chi connectivity index (χ4n) is 3.24. The van der Waals surface area contributed by atoms with Crippen LogP contribution in [0.15, 0.2) is 16.2 Å². The number of hydrogen-bond donors (Lipinski definition) is 1. The zero-order valence-corrected chi connectivity index (χ0v) is 14.2. The van der Waals surface area contributed by atoms with Crippen LogP contribution < -0.4 is 10.9 Å². The molecule has 6 heteroatoms. The molecule has 0 radical (unpaired) electrons. The van der Waals surface area contributed by atoms with Crippen LogP contribution in [0.1, 0.15) is 37.6 Å². The van der Waals surface area contributed by atoms with Crippen LogP contribution in [0.25, 0.3) is 4.96 Å². The van der Waals surface area contributed by atoms with Crippen molar-refractivity contribution >= 4 is 16.3 Å². The molecule has 0 aliphatic carbocycles. The van der Waals surface area contributed by atoms with Gasteiger partial charge in [-0.25, -0.2) is 4.98 Å². The van der Waals surface area contributed by atoms with E-state index >= 15 is 0 Å². The van der Waals surface area contributed by atoms with Crippen molar-refractivity contribution in [3.05, 3.63) is 33.2 Å². The van der Waals surface area contributed by atoms with E-state index in [1.54, 1.807) is 21.8 Å². The fourth-order valence-corrected chi connectivity index (χ4v) is 4.13. The first-order valence-electron chi connectivity index (χ1n) is 8.10. The van der Waals surface area contributed by atoms with Crippen molar-refractivity contribution in [2.24, 2.45) is 0 Å². The van der Waals surface area contributed by atoms with Crippen LogP contribution in [0.2, 0.25) is 0 Å². The van der Waals surface area contributed by atoms with Gasteiger partial charge >= 0.3 is 0 Å². The Morgan fingerprint density at radius 3 is 2.95 bits per heavy atom. The van der Waals surface area contributed by atoms with Crippen molar-refractivity contribution in [2.45, 2.75) is 45.7 Å². The number of aromatic nitrogens is 2. The summed E-state index contributed by atoms with van der Waals surface area (Å²) in [6, 6.07) is 2.31. The maximum atomic E-state index is 12.3. The van der Waals surface area contributed by atoms with Crippen molar-refractivity contribution in [1.82, 2.24) is 19.6 Å². The van der Waals surface area contributed by atoms with E-state index in [0.29, 0.717) is 6.04 Å². The van der Waals surface area contributed by atoms with E-state index in [0.717, 1.165) is 48.9 Å². The van der Waals surface area contributed by atoms with E-state index in [9.17, 15) is 4.79 Å². The van der Waals surface area contributed by atoms with Gasteiger partial charge in [0, 0.05) is 29.7 Å². The molecule has 3 rings (SSSR count). The van der Waals surface area contributed by atoms with Crippen LogP contribution in [-0.4, -0.2) is 40.0 Å². The number of piperidine rings is 1. The lowest BCUT2D eigenvalue weighted by atomic mass is 10.0.